The number of hydrogen-bond acceptors (Lipinski definition) is 6. The number of amides is 1. The number of methoxy groups -OCH3 is 2. The molecule has 21 heavy (non-hydrogen) atoms. The SMILES string of the molecule is COCCN(/C=C(/C#N)C(=O)N1CCOCC1)CCOC. The molecule has 0 unspecified atom stereocenters. The molecule has 0 aromatic carbocycles. The molecule has 0 aliphatic carbocycles. The van der Waals surface area contributed by atoms with Gasteiger partial charge >= 0.3 is 0 Å². The van der Waals surface area contributed by atoms with Crippen LogP contribution in [0.3, 0.4) is 0 Å². The molecule has 7 nitrogen and oxygen atoms in total. The van der Waals surface area contributed by atoms with Crippen molar-refractivity contribution in [1.29, 1.82) is 5.26 Å². The predicted octanol–water partition coefficient (Wildman–Crippen LogP) is -0.153. The summed E-state index contributed by atoms with van der Waals surface area (Å²) in [5, 5.41) is 9.24. The third kappa shape index (κ3) is 6.12. The van der Waals surface area contributed by atoms with E-state index in [2.05, 4.69) is 0 Å². The Morgan fingerprint density at radius 1 is 1.29 bits per heavy atom. The Labute approximate surface area is 125 Å². The summed E-state index contributed by atoms with van der Waals surface area (Å²) in [6.45, 7) is 4.31. The average Bonchev–Trinajstić information content (AvgIpc) is 2.54. The van der Waals surface area contributed by atoms with Crippen LogP contribution in [0.5, 0.6) is 0 Å². The maximum atomic E-state index is 12.3. The van der Waals surface area contributed by atoms with Crippen molar-refractivity contribution in [3.63, 3.8) is 0 Å². The van der Waals surface area contributed by atoms with Crippen LogP contribution in [0.2, 0.25) is 0 Å². The summed E-state index contributed by atoms with van der Waals surface area (Å²) in [7, 11) is 3.23. The number of hydrogen-bond donors (Lipinski definition) is 0. The molecule has 7 heteroatoms. The second kappa shape index (κ2) is 10.2. The van der Waals surface area contributed by atoms with Crippen molar-refractivity contribution in [2.75, 3.05) is 66.8 Å². The smallest absolute Gasteiger partial charge is 0.266 e. The molecule has 1 aliphatic heterocycles. The van der Waals surface area contributed by atoms with E-state index >= 15 is 0 Å². The van der Waals surface area contributed by atoms with Gasteiger partial charge in [-0.3, -0.25) is 4.79 Å². The lowest BCUT2D eigenvalue weighted by molar-refractivity contribution is -0.130. The Morgan fingerprint density at radius 3 is 2.33 bits per heavy atom. The number of rotatable bonds is 8. The van der Waals surface area contributed by atoms with E-state index in [1.165, 1.54) is 0 Å². The van der Waals surface area contributed by atoms with Crippen molar-refractivity contribution in [3.05, 3.63) is 11.8 Å². The second-order valence-corrected chi connectivity index (χ2v) is 4.58. The lowest BCUT2D eigenvalue weighted by Gasteiger charge is -2.27. The fourth-order valence-corrected chi connectivity index (χ4v) is 1.91. The van der Waals surface area contributed by atoms with E-state index in [9.17, 15) is 10.1 Å². The van der Waals surface area contributed by atoms with E-state index in [1.807, 2.05) is 11.0 Å². The molecule has 1 aliphatic rings. The van der Waals surface area contributed by atoms with Gasteiger partial charge in [0.2, 0.25) is 0 Å². The minimum absolute atomic E-state index is 0.129. The van der Waals surface area contributed by atoms with E-state index in [-0.39, 0.29) is 11.5 Å². The summed E-state index contributed by atoms with van der Waals surface area (Å²) in [5.74, 6) is -0.249. The van der Waals surface area contributed by atoms with Gasteiger partial charge in [0.1, 0.15) is 11.6 Å². The van der Waals surface area contributed by atoms with Crippen molar-refractivity contribution < 1.29 is 19.0 Å². The highest BCUT2D eigenvalue weighted by Crippen LogP contribution is 2.06. The van der Waals surface area contributed by atoms with Crippen LogP contribution in [-0.2, 0) is 19.0 Å². The second-order valence-electron chi connectivity index (χ2n) is 4.58. The Kier molecular flexibility index (Phi) is 8.43. The lowest BCUT2D eigenvalue weighted by Crippen LogP contribution is -2.41. The standard InChI is InChI=1S/C14H23N3O4/c1-19-7-3-16(4-8-20-2)12-13(11-15)14(18)17-5-9-21-10-6-17/h12H,3-10H2,1-2H3/b13-12-. The largest absolute Gasteiger partial charge is 0.383 e. The highest BCUT2D eigenvalue weighted by Gasteiger charge is 2.21. The number of nitrogens with zero attached hydrogens (tertiary/aromatic N) is 3. The molecule has 0 saturated carbocycles. The van der Waals surface area contributed by atoms with Gasteiger partial charge in [-0.1, -0.05) is 0 Å². The molecule has 1 amide bonds. The zero-order valence-corrected chi connectivity index (χ0v) is 12.7. The van der Waals surface area contributed by atoms with Crippen molar-refractivity contribution in [2.24, 2.45) is 0 Å². The van der Waals surface area contributed by atoms with Gasteiger partial charge in [0.25, 0.3) is 5.91 Å². The first-order chi connectivity index (χ1) is 10.2. The van der Waals surface area contributed by atoms with Crippen LogP contribution in [0.25, 0.3) is 0 Å². The van der Waals surface area contributed by atoms with Crippen molar-refractivity contribution >= 4 is 5.91 Å². The minimum atomic E-state index is -0.249. The summed E-state index contributed by atoms with van der Waals surface area (Å²) in [6.07, 6.45) is 1.59. The average molecular weight is 297 g/mol. The number of nitriles is 1. The third-order valence-corrected chi connectivity index (χ3v) is 3.13. The van der Waals surface area contributed by atoms with Gasteiger partial charge < -0.3 is 24.0 Å². The van der Waals surface area contributed by atoms with E-state index in [4.69, 9.17) is 14.2 Å². The summed E-state index contributed by atoms with van der Waals surface area (Å²) < 4.78 is 15.3. The van der Waals surface area contributed by atoms with Gasteiger partial charge in [-0.05, 0) is 0 Å². The van der Waals surface area contributed by atoms with Crippen LogP contribution in [0.4, 0.5) is 0 Å². The Bertz CT molecular complexity index is 378. The molecule has 0 radical (unpaired) electrons. The number of carbonyl (C=O) groups excluding carboxylic acids is 1. The topological polar surface area (TPSA) is 75.0 Å². The number of morpholine rings is 1. The summed E-state index contributed by atoms with van der Waals surface area (Å²) in [5.41, 5.74) is 0.129. The highest BCUT2D eigenvalue weighted by molar-refractivity contribution is 5.97. The van der Waals surface area contributed by atoms with E-state index < -0.39 is 0 Å². The lowest BCUT2D eigenvalue weighted by atomic mass is 10.2. The molecule has 0 spiro atoms. The zero-order valence-electron chi connectivity index (χ0n) is 12.7. The quantitative estimate of drug-likeness (QED) is 0.458. The molecule has 0 aromatic heterocycles. The normalized spacial score (nSPS) is 15.7. The van der Waals surface area contributed by atoms with Crippen LogP contribution in [0, 0.1) is 11.3 Å². The molecule has 1 fully saturated rings. The summed E-state index contributed by atoms with van der Waals surface area (Å²) >= 11 is 0. The first-order valence-corrected chi connectivity index (χ1v) is 6.93. The Balaban J connectivity index is 2.71. The molecule has 1 rings (SSSR count). The first kappa shape index (κ1) is 17.4. The number of carbonyl (C=O) groups is 1. The monoisotopic (exact) mass is 297 g/mol. The van der Waals surface area contributed by atoms with Gasteiger partial charge in [0.15, 0.2) is 0 Å². The molecule has 118 valence electrons. The maximum Gasteiger partial charge on any atom is 0.266 e. The molecule has 1 saturated heterocycles. The Morgan fingerprint density at radius 2 is 1.86 bits per heavy atom. The first-order valence-electron chi connectivity index (χ1n) is 6.93. The van der Waals surface area contributed by atoms with Gasteiger partial charge in [0, 0.05) is 46.6 Å². The van der Waals surface area contributed by atoms with Gasteiger partial charge in [-0.2, -0.15) is 5.26 Å². The molecule has 0 bridgehead atoms. The van der Waals surface area contributed by atoms with Gasteiger partial charge in [-0.15, -0.1) is 0 Å². The molecule has 0 aromatic rings. The van der Waals surface area contributed by atoms with Crippen LogP contribution >= 0.6 is 0 Å². The van der Waals surface area contributed by atoms with E-state index in [1.54, 1.807) is 25.3 Å². The third-order valence-electron chi connectivity index (χ3n) is 3.13. The minimum Gasteiger partial charge on any atom is -0.383 e. The van der Waals surface area contributed by atoms with Crippen LogP contribution in [0.1, 0.15) is 0 Å². The predicted molar refractivity (Wildman–Crippen MR) is 76.4 cm³/mol. The maximum absolute atomic E-state index is 12.3. The molecule has 0 atom stereocenters. The molecule has 0 N–H and O–H groups in total. The highest BCUT2D eigenvalue weighted by atomic mass is 16.5. The fraction of sp³-hybridized carbons (Fsp3) is 0.714. The summed E-state index contributed by atoms with van der Waals surface area (Å²) in [6, 6.07) is 1.99. The molecular weight excluding hydrogens is 274 g/mol. The van der Waals surface area contributed by atoms with Crippen molar-refractivity contribution in [3.8, 4) is 6.07 Å². The number of ether oxygens (including phenoxy) is 3. The van der Waals surface area contributed by atoms with Gasteiger partial charge in [0.05, 0.1) is 26.4 Å². The van der Waals surface area contributed by atoms with Crippen LogP contribution < -0.4 is 0 Å². The van der Waals surface area contributed by atoms with Crippen molar-refractivity contribution in [2.45, 2.75) is 0 Å². The Hall–Kier alpha value is -1.62. The molecule has 1 heterocycles. The van der Waals surface area contributed by atoms with Crippen LogP contribution in [0.15, 0.2) is 11.8 Å². The summed E-state index contributed by atoms with van der Waals surface area (Å²) in [4.78, 5) is 15.8. The van der Waals surface area contributed by atoms with Crippen molar-refractivity contribution in [1.82, 2.24) is 9.80 Å². The van der Waals surface area contributed by atoms with Gasteiger partial charge in [-0.25, -0.2) is 0 Å². The zero-order chi connectivity index (χ0) is 15.5. The van der Waals surface area contributed by atoms with E-state index in [0.29, 0.717) is 52.6 Å². The fourth-order valence-electron chi connectivity index (χ4n) is 1.91. The molecular formula is C14H23N3O4. The van der Waals surface area contributed by atoms with Crippen LogP contribution in [-0.4, -0.2) is 82.5 Å². The van der Waals surface area contributed by atoms with E-state index in [0.717, 1.165) is 0 Å².